The van der Waals surface area contributed by atoms with Gasteiger partial charge in [0.1, 0.15) is 18.1 Å². The van der Waals surface area contributed by atoms with E-state index in [0.29, 0.717) is 0 Å². The molecular formula is C23H36N4O5S. The Hall–Kier alpha value is -2.59. The zero-order valence-electron chi connectivity index (χ0n) is 19.6. The van der Waals surface area contributed by atoms with Gasteiger partial charge in [-0.25, -0.2) is 4.79 Å². The van der Waals surface area contributed by atoms with E-state index < -0.39 is 47.9 Å². The fourth-order valence-corrected chi connectivity index (χ4v) is 3.32. The molecule has 0 aliphatic heterocycles. The number of carboxylic acid groups (broad SMARTS) is 1. The number of carbonyl (C=O) groups is 4. The molecule has 184 valence electrons. The standard InChI is InChI=1S/C23H36N4O5S/c1-13(2)10-17(23(31)32)26-20(28)16(11-15-8-6-5-7-9-15)25-21(29)18(12-33)27-22(30)19(24)14(3)4/h5-9,13-14,16-19,33H,10-12,24H2,1-4H3,(H,25,29)(H,26,28)(H,27,30)(H,31,32). The molecule has 0 aromatic heterocycles. The zero-order chi connectivity index (χ0) is 25.1. The van der Waals surface area contributed by atoms with Gasteiger partial charge in [0.2, 0.25) is 17.7 Å². The first kappa shape index (κ1) is 28.4. The van der Waals surface area contributed by atoms with E-state index in [9.17, 15) is 24.3 Å². The number of carboxylic acids is 1. The van der Waals surface area contributed by atoms with Gasteiger partial charge in [-0.15, -0.1) is 0 Å². The highest BCUT2D eigenvalue weighted by Crippen LogP contribution is 2.08. The number of benzene rings is 1. The van der Waals surface area contributed by atoms with Crippen LogP contribution in [0.15, 0.2) is 30.3 Å². The molecule has 4 atom stereocenters. The van der Waals surface area contributed by atoms with E-state index in [-0.39, 0.29) is 30.4 Å². The Morgan fingerprint density at radius 3 is 1.88 bits per heavy atom. The summed E-state index contributed by atoms with van der Waals surface area (Å²) in [5, 5.41) is 17.2. The number of thiol groups is 1. The van der Waals surface area contributed by atoms with Gasteiger partial charge in [0.15, 0.2) is 0 Å². The third-order valence-corrected chi connectivity index (χ3v) is 5.44. The molecule has 0 spiro atoms. The fourth-order valence-electron chi connectivity index (χ4n) is 3.06. The van der Waals surface area contributed by atoms with E-state index in [1.165, 1.54) is 0 Å². The minimum absolute atomic E-state index is 0.00678. The first-order chi connectivity index (χ1) is 15.5. The van der Waals surface area contributed by atoms with E-state index in [1.807, 2.05) is 19.9 Å². The van der Waals surface area contributed by atoms with Crippen LogP contribution in [-0.2, 0) is 25.6 Å². The Labute approximate surface area is 200 Å². The second-order valence-corrected chi connectivity index (χ2v) is 9.16. The van der Waals surface area contributed by atoms with Gasteiger partial charge in [0, 0.05) is 12.2 Å². The summed E-state index contributed by atoms with van der Waals surface area (Å²) in [4.78, 5) is 49.8. The highest BCUT2D eigenvalue weighted by Gasteiger charge is 2.30. The van der Waals surface area contributed by atoms with Crippen molar-refractivity contribution in [2.45, 2.75) is 64.7 Å². The second-order valence-electron chi connectivity index (χ2n) is 8.79. The molecule has 1 aromatic carbocycles. The molecule has 4 unspecified atom stereocenters. The molecule has 1 rings (SSSR count). The molecule has 0 saturated heterocycles. The number of nitrogens with one attached hydrogen (secondary N) is 3. The van der Waals surface area contributed by atoms with Crippen molar-refractivity contribution >= 4 is 36.3 Å². The predicted molar refractivity (Wildman–Crippen MR) is 130 cm³/mol. The molecule has 0 bridgehead atoms. The minimum Gasteiger partial charge on any atom is -0.480 e. The molecule has 0 fully saturated rings. The minimum atomic E-state index is -1.15. The summed E-state index contributed by atoms with van der Waals surface area (Å²) in [6.45, 7) is 7.28. The van der Waals surface area contributed by atoms with Crippen molar-refractivity contribution in [3.8, 4) is 0 Å². The normalized spacial score (nSPS) is 14.8. The Morgan fingerprint density at radius 2 is 1.39 bits per heavy atom. The topological polar surface area (TPSA) is 151 Å². The van der Waals surface area contributed by atoms with Crippen molar-refractivity contribution in [2.24, 2.45) is 17.6 Å². The first-order valence-electron chi connectivity index (χ1n) is 11.0. The van der Waals surface area contributed by atoms with Crippen molar-refractivity contribution in [3.63, 3.8) is 0 Å². The number of rotatable bonds is 13. The highest BCUT2D eigenvalue weighted by molar-refractivity contribution is 7.80. The predicted octanol–water partition coefficient (Wildman–Crippen LogP) is 0.727. The van der Waals surface area contributed by atoms with Gasteiger partial charge in [-0.2, -0.15) is 12.6 Å². The number of nitrogens with two attached hydrogens (primary N) is 1. The maximum atomic E-state index is 13.0. The molecule has 1 aromatic rings. The Balaban J connectivity index is 3.03. The van der Waals surface area contributed by atoms with Gasteiger partial charge >= 0.3 is 5.97 Å². The monoisotopic (exact) mass is 480 g/mol. The van der Waals surface area contributed by atoms with Crippen LogP contribution in [0.2, 0.25) is 0 Å². The van der Waals surface area contributed by atoms with Gasteiger partial charge in [-0.05, 0) is 23.8 Å². The number of amides is 3. The van der Waals surface area contributed by atoms with Gasteiger partial charge in [0.05, 0.1) is 6.04 Å². The number of carbonyl (C=O) groups excluding carboxylic acids is 3. The lowest BCUT2D eigenvalue weighted by molar-refractivity contribution is -0.142. The lowest BCUT2D eigenvalue weighted by atomic mass is 10.0. The molecule has 0 radical (unpaired) electrons. The molecule has 0 heterocycles. The van der Waals surface area contributed by atoms with Gasteiger partial charge < -0.3 is 26.8 Å². The Morgan fingerprint density at radius 1 is 0.879 bits per heavy atom. The molecule has 9 nitrogen and oxygen atoms in total. The lowest BCUT2D eigenvalue weighted by Gasteiger charge is -2.25. The summed E-state index contributed by atoms with van der Waals surface area (Å²) in [6, 6.07) is 5.08. The van der Waals surface area contributed by atoms with Crippen LogP contribution in [0.1, 0.15) is 39.7 Å². The van der Waals surface area contributed by atoms with Gasteiger partial charge in [-0.3, -0.25) is 14.4 Å². The maximum Gasteiger partial charge on any atom is 0.326 e. The van der Waals surface area contributed by atoms with Crippen LogP contribution in [0.25, 0.3) is 0 Å². The third kappa shape index (κ3) is 9.83. The van der Waals surface area contributed by atoms with Crippen LogP contribution in [0.4, 0.5) is 0 Å². The average molecular weight is 481 g/mol. The fraction of sp³-hybridized carbons (Fsp3) is 0.565. The molecule has 33 heavy (non-hydrogen) atoms. The lowest BCUT2D eigenvalue weighted by Crippen LogP contribution is -2.58. The van der Waals surface area contributed by atoms with Gasteiger partial charge in [-0.1, -0.05) is 58.0 Å². The van der Waals surface area contributed by atoms with Crippen molar-refractivity contribution in [1.29, 1.82) is 0 Å². The van der Waals surface area contributed by atoms with Gasteiger partial charge in [0.25, 0.3) is 0 Å². The SMILES string of the molecule is CC(C)CC(NC(=O)C(Cc1ccccc1)NC(=O)C(CS)NC(=O)C(N)C(C)C)C(=O)O. The molecule has 10 heteroatoms. The van der Waals surface area contributed by atoms with E-state index in [4.69, 9.17) is 5.73 Å². The van der Waals surface area contributed by atoms with E-state index in [0.717, 1.165) is 5.56 Å². The van der Waals surface area contributed by atoms with Crippen LogP contribution >= 0.6 is 12.6 Å². The van der Waals surface area contributed by atoms with E-state index in [2.05, 4.69) is 28.6 Å². The number of hydrogen-bond acceptors (Lipinski definition) is 6. The number of hydrogen-bond donors (Lipinski definition) is 6. The smallest absolute Gasteiger partial charge is 0.326 e. The Bertz CT molecular complexity index is 803. The van der Waals surface area contributed by atoms with E-state index in [1.54, 1.807) is 38.1 Å². The van der Waals surface area contributed by atoms with Crippen LogP contribution in [0.5, 0.6) is 0 Å². The maximum absolute atomic E-state index is 13.0. The molecule has 3 amide bonds. The van der Waals surface area contributed by atoms with Crippen LogP contribution in [0, 0.1) is 11.8 Å². The number of aliphatic carboxylic acids is 1. The van der Waals surface area contributed by atoms with E-state index >= 15 is 0 Å². The van der Waals surface area contributed by atoms with Crippen molar-refractivity contribution in [1.82, 2.24) is 16.0 Å². The summed E-state index contributed by atoms with van der Waals surface area (Å²) in [5.74, 6) is -2.96. The average Bonchev–Trinajstić information content (AvgIpc) is 2.75. The van der Waals surface area contributed by atoms with Crippen molar-refractivity contribution in [2.75, 3.05) is 5.75 Å². The molecule has 0 aliphatic carbocycles. The van der Waals surface area contributed by atoms with Crippen LogP contribution < -0.4 is 21.7 Å². The summed E-state index contributed by atoms with van der Waals surface area (Å²) in [5.41, 5.74) is 6.63. The molecule has 0 saturated carbocycles. The van der Waals surface area contributed by atoms with Crippen molar-refractivity contribution in [3.05, 3.63) is 35.9 Å². The molecule has 6 N–H and O–H groups in total. The first-order valence-corrected chi connectivity index (χ1v) is 11.6. The summed E-state index contributed by atoms with van der Waals surface area (Å²) < 4.78 is 0. The highest BCUT2D eigenvalue weighted by atomic mass is 32.1. The molecular weight excluding hydrogens is 444 g/mol. The summed E-state index contributed by atoms with van der Waals surface area (Å²) in [7, 11) is 0. The molecule has 0 aliphatic rings. The zero-order valence-corrected chi connectivity index (χ0v) is 20.5. The summed E-state index contributed by atoms with van der Waals surface area (Å²) in [6.07, 6.45) is 0.390. The van der Waals surface area contributed by atoms with Crippen LogP contribution in [-0.4, -0.2) is 58.7 Å². The third-order valence-electron chi connectivity index (χ3n) is 5.07. The summed E-state index contributed by atoms with van der Waals surface area (Å²) >= 11 is 4.15. The second kappa shape index (κ2) is 13.8. The Kier molecular flexibility index (Phi) is 11.9. The van der Waals surface area contributed by atoms with Crippen LogP contribution in [0.3, 0.4) is 0 Å². The largest absolute Gasteiger partial charge is 0.480 e. The van der Waals surface area contributed by atoms with Crippen molar-refractivity contribution < 1.29 is 24.3 Å². The quantitative estimate of drug-likeness (QED) is 0.229.